The number of thiazole rings is 1. The van der Waals surface area contributed by atoms with Crippen LogP contribution in [0.25, 0.3) is 0 Å². The van der Waals surface area contributed by atoms with Gasteiger partial charge in [-0.15, -0.1) is 11.3 Å². The zero-order valence-corrected chi connectivity index (χ0v) is 18.0. The summed E-state index contributed by atoms with van der Waals surface area (Å²) in [5.41, 5.74) is -0.206. The third-order valence-corrected chi connectivity index (χ3v) is 6.89. The van der Waals surface area contributed by atoms with Crippen molar-refractivity contribution in [3.05, 3.63) is 76.8 Å². The molecule has 0 fully saturated rings. The highest BCUT2D eigenvalue weighted by Crippen LogP contribution is 2.36. The molecular weight excluding hydrogens is 441 g/mol. The van der Waals surface area contributed by atoms with Crippen LogP contribution in [0.5, 0.6) is 0 Å². The molecule has 4 rings (SSSR count). The smallest absolute Gasteiger partial charge is 0.272 e. The Labute approximate surface area is 184 Å². The lowest BCUT2D eigenvalue weighted by Gasteiger charge is -2.07. The molecule has 30 heavy (non-hydrogen) atoms. The minimum absolute atomic E-state index is 0.206. The van der Waals surface area contributed by atoms with E-state index in [2.05, 4.69) is 25.6 Å². The first-order valence-corrected chi connectivity index (χ1v) is 11.5. The Morgan fingerprint density at radius 2 is 2.03 bits per heavy atom. The lowest BCUT2D eigenvalue weighted by Crippen LogP contribution is -2.27. The van der Waals surface area contributed by atoms with E-state index in [-0.39, 0.29) is 5.69 Å². The number of anilines is 2. The summed E-state index contributed by atoms with van der Waals surface area (Å²) in [6.45, 7) is 0.426. The van der Waals surface area contributed by atoms with E-state index in [0.717, 1.165) is 9.09 Å². The third kappa shape index (κ3) is 5.21. The van der Waals surface area contributed by atoms with E-state index in [0.29, 0.717) is 28.8 Å². The van der Waals surface area contributed by atoms with Crippen LogP contribution >= 0.6 is 34.4 Å². The number of carbonyl (C=O) groups excluding carboxylic acids is 1. The molecule has 0 radical (unpaired) electrons. The summed E-state index contributed by atoms with van der Waals surface area (Å²) in [4.78, 5) is 26.2. The fraction of sp³-hybridized carbons (Fsp3) is 0.100. The van der Waals surface area contributed by atoms with Gasteiger partial charge in [-0.1, -0.05) is 35.2 Å². The number of pyridine rings is 2. The van der Waals surface area contributed by atoms with E-state index in [9.17, 15) is 9.18 Å². The van der Waals surface area contributed by atoms with Gasteiger partial charge in [-0.25, -0.2) is 19.3 Å². The Hall–Kier alpha value is -2.82. The molecule has 0 spiro atoms. The first-order valence-electron chi connectivity index (χ1n) is 8.96. The standard InChI is InChI=1S/C20H16FN5OS3/c21-17-14(29-16-12-25-20(30-16)26-15-5-1-2-8-22-15)7-10-23-18(17)19(27)24-9-6-13-4-3-11-28-13/h1-5,7-8,10-12H,6,9H2,(H,24,27)(H,22,25,26). The van der Waals surface area contributed by atoms with Gasteiger partial charge in [0.05, 0.1) is 15.3 Å². The zero-order chi connectivity index (χ0) is 20.8. The molecule has 6 nitrogen and oxygen atoms in total. The van der Waals surface area contributed by atoms with Gasteiger partial charge in [0.1, 0.15) is 5.82 Å². The molecule has 0 unspecified atom stereocenters. The largest absolute Gasteiger partial charge is 0.350 e. The molecular formula is C20H16FN5OS3. The van der Waals surface area contributed by atoms with Crippen LogP contribution in [0.2, 0.25) is 0 Å². The van der Waals surface area contributed by atoms with Gasteiger partial charge in [0.15, 0.2) is 16.6 Å². The van der Waals surface area contributed by atoms with Crippen LogP contribution in [0.1, 0.15) is 15.4 Å². The molecule has 0 saturated carbocycles. The lowest BCUT2D eigenvalue weighted by molar-refractivity contribution is 0.0944. The van der Waals surface area contributed by atoms with E-state index in [1.165, 1.54) is 29.3 Å². The minimum atomic E-state index is -0.635. The van der Waals surface area contributed by atoms with Gasteiger partial charge in [0.25, 0.3) is 5.91 Å². The van der Waals surface area contributed by atoms with Gasteiger partial charge >= 0.3 is 0 Å². The van der Waals surface area contributed by atoms with Crippen LogP contribution in [-0.4, -0.2) is 27.4 Å². The predicted octanol–water partition coefficient (Wildman–Crippen LogP) is 5.00. The van der Waals surface area contributed by atoms with Gasteiger partial charge in [-0.3, -0.25) is 4.79 Å². The molecule has 2 N–H and O–H groups in total. The van der Waals surface area contributed by atoms with E-state index >= 15 is 0 Å². The summed E-state index contributed by atoms with van der Waals surface area (Å²) >= 11 is 4.19. The Morgan fingerprint density at radius 3 is 2.83 bits per heavy atom. The maximum absolute atomic E-state index is 14.9. The quantitative estimate of drug-likeness (QED) is 0.388. The van der Waals surface area contributed by atoms with Gasteiger partial charge < -0.3 is 10.6 Å². The van der Waals surface area contributed by atoms with Crippen LogP contribution in [0.15, 0.2) is 69.5 Å². The number of amides is 1. The van der Waals surface area contributed by atoms with E-state index in [1.807, 2.05) is 35.7 Å². The molecule has 4 aromatic rings. The molecule has 4 aromatic heterocycles. The topological polar surface area (TPSA) is 79.8 Å². The first-order chi connectivity index (χ1) is 14.7. The SMILES string of the molecule is O=C(NCCc1cccs1)c1nccc(Sc2cnc(Nc3ccccn3)s2)c1F. The molecule has 0 aliphatic carbocycles. The first kappa shape index (κ1) is 20.5. The summed E-state index contributed by atoms with van der Waals surface area (Å²) in [7, 11) is 0. The second-order valence-corrected chi connectivity index (χ2v) is 9.39. The second-order valence-electron chi connectivity index (χ2n) is 5.98. The number of aromatic nitrogens is 3. The highest BCUT2D eigenvalue weighted by atomic mass is 32.2. The Morgan fingerprint density at radius 1 is 1.10 bits per heavy atom. The second kappa shape index (κ2) is 9.79. The number of thiophene rings is 1. The average Bonchev–Trinajstić information content (AvgIpc) is 3.42. The minimum Gasteiger partial charge on any atom is -0.350 e. The highest BCUT2D eigenvalue weighted by molar-refractivity contribution is 8.01. The monoisotopic (exact) mass is 457 g/mol. The summed E-state index contributed by atoms with van der Waals surface area (Å²) < 4.78 is 15.7. The van der Waals surface area contributed by atoms with E-state index < -0.39 is 11.7 Å². The number of halogens is 1. The van der Waals surface area contributed by atoms with Gasteiger partial charge in [0, 0.05) is 23.8 Å². The van der Waals surface area contributed by atoms with Crippen molar-refractivity contribution in [2.75, 3.05) is 11.9 Å². The van der Waals surface area contributed by atoms with Crippen LogP contribution in [0, 0.1) is 5.82 Å². The van der Waals surface area contributed by atoms with Crippen molar-refractivity contribution < 1.29 is 9.18 Å². The van der Waals surface area contributed by atoms with Crippen molar-refractivity contribution in [3.8, 4) is 0 Å². The Bertz CT molecular complexity index is 1120. The molecule has 10 heteroatoms. The van der Waals surface area contributed by atoms with Crippen molar-refractivity contribution >= 4 is 51.3 Å². The molecule has 152 valence electrons. The third-order valence-electron chi connectivity index (χ3n) is 3.90. The zero-order valence-electron chi connectivity index (χ0n) is 15.5. The molecule has 0 aliphatic heterocycles. The Kier molecular flexibility index (Phi) is 6.67. The van der Waals surface area contributed by atoms with Crippen molar-refractivity contribution in [1.82, 2.24) is 20.3 Å². The fourth-order valence-electron chi connectivity index (χ4n) is 2.52. The molecule has 0 bridgehead atoms. The van der Waals surface area contributed by atoms with Crippen molar-refractivity contribution in [1.29, 1.82) is 0 Å². The molecule has 0 aromatic carbocycles. The number of carbonyl (C=O) groups is 1. The number of nitrogens with one attached hydrogen (secondary N) is 2. The molecule has 1 amide bonds. The average molecular weight is 458 g/mol. The van der Waals surface area contributed by atoms with Gasteiger partial charge in [0.2, 0.25) is 0 Å². The van der Waals surface area contributed by atoms with Crippen molar-refractivity contribution in [2.24, 2.45) is 0 Å². The highest BCUT2D eigenvalue weighted by Gasteiger charge is 2.18. The predicted molar refractivity (Wildman–Crippen MR) is 118 cm³/mol. The summed E-state index contributed by atoms with van der Waals surface area (Å²) in [6, 6.07) is 11.0. The lowest BCUT2D eigenvalue weighted by atomic mass is 10.3. The molecule has 0 saturated heterocycles. The Balaban J connectivity index is 1.39. The summed E-state index contributed by atoms with van der Waals surface area (Å²) in [5, 5.41) is 8.46. The van der Waals surface area contributed by atoms with E-state index in [4.69, 9.17) is 0 Å². The maximum Gasteiger partial charge on any atom is 0.272 e. The van der Waals surface area contributed by atoms with Gasteiger partial charge in [-0.05, 0) is 36.1 Å². The molecule has 0 aliphatic rings. The summed E-state index contributed by atoms with van der Waals surface area (Å²) in [5.74, 6) is -0.475. The molecule has 4 heterocycles. The van der Waals surface area contributed by atoms with Crippen LogP contribution < -0.4 is 10.6 Å². The van der Waals surface area contributed by atoms with Crippen LogP contribution in [0.4, 0.5) is 15.3 Å². The maximum atomic E-state index is 14.9. The number of hydrogen-bond acceptors (Lipinski definition) is 8. The van der Waals surface area contributed by atoms with Crippen molar-refractivity contribution in [2.45, 2.75) is 15.5 Å². The summed E-state index contributed by atoms with van der Waals surface area (Å²) in [6.07, 6.45) is 5.48. The van der Waals surface area contributed by atoms with E-state index in [1.54, 1.807) is 29.8 Å². The van der Waals surface area contributed by atoms with Crippen molar-refractivity contribution in [3.63, 3.8) is 0 Å². The number of hydrogen-bond donors (Lipinski definition) is 2. The fourth-order valence-corrected chi connectivity index (χ4v) is 5.10. The van der Waals surface area contributed by atoms with Crippen LogP contribution in [0.3, 0.4) is 0 Å². The number of rotatable bonds is 8. The number of nitrogens with zero attached hydrogens (tertiary/aromatic N) is 3. The molecule has 0 atom stereocenters. The normalized spacial score (nSPS) is 10.7. The van der Waals surface area contributed by atoms with Gasteiger partial charge in [-0.2, -0.15) is 0 Å². The van der Waals surface area contributed by atoms with Crippen LogP contribution in [-0.2, 0) is 6.42 Å².